The number of nitrogens with zero attached hydrogens (tertiary/aromatic N) is 1. The predicted molar refractivity (Wildman–Crippen MR) is 69.1 cm³/mol. The summed E-state index contributed by atoms with van der Waals surface area (Å²) in [5, 5.41) is 13.9. The SMILES string of the molecule is CC(C)(NC(=O)c1ccc(Br)c(F)c1)C(N)=NO. The molecule has 98 valence electrons. The lowest BCUT2D eigenvalue weighted by Gasteiger charge is -2.24. The van der Waals surface area contributed by atoms with Gasteiger partial charge < -0.3 is 16.3 Å². The Morgan fingerprint density at radius 1 is 1.56 bits per heavy atom. The van der Waals surface area contributed by atoms with Crippen LogP contribution < -0.4 is 11.1 Å². The number of amides is 1. The fourth-order valence-corrected chi connectivity index (χ4v) is 1.43. The van der Waals surface area contributed by atoms with Gasteiger partial charge in [-0.25, -0.2) is 4.39 Å². The van der Waals surface area contributed by atoms with Gasteiger partial charge in [0.25, 0.3) is 5.91 Å². The number of amidine groups is 1. The molecule has 4 N–H and O–H groups in total. The van der Waals surface area contributed by atoms with Crippen molar-refractivity contribution in [2.45, 2.75) is 19.4 Å². The number of hydrogen-bond acceptors (Lipinski definition) is 3. The van der Waals surface area contributed by atoms with Crippen LogP contribution in [0.4, 0.5) is 4.39 Å². The maximum atomic E-state index is 13.3. The minimum Gasteiger partial charge on any atom is -0.409 e. The van der Waals surface area contributed by atoms with Gasteiger partial charge >= 0.3 is 0 Å². The van der Waals surface area contributed by atoms with E-state index in [0.29, 0.717) is 0 Å². The molecule has 0 spiro atoms. The van der Waals surface area contributed by atoms with Crippen molar-refractivity contribution in [1.29, 1.82) is 0 Å². The van der Waals surface area contributed by atoms with Gasteiger partial charge in [0.1, 0.15) is 5.82 Å². The Morgan fingerprint density at radius 2 is 2.17 bits per heavy atom. The summed E-state index contributed by atoms with van der Waals surface area (Å²) in [6, 6.07) is 3.99. The van der Waals surface area contributed by atoms with Crippen molar-refractivity contribution in [2.75, 3.05) is 0 Å². The molecule has 0 unspecified atom stereocenters. The van der Waals surface area contributed by atoms with Crippen LogP contribution >= 0.6 is 15.9 Å². The molecule has 0 aliphatic rings. The molecule has 0 saturated carbocycles. The van der Waals surface area contributed by atoms with Gasteiger partial charge in [0.15, 0.2) is 5.84 Å². The molecule has 0 fully saturated rings. The van der Waals surface area contributed by atoms with Gasteiger partial charge in [0.2, 0.25) is 0 Å². The minimum absolute atomic E-state index is 0.145. The number of rotatable bonds is 3. The van der Waals surface area contributed by atoms with Crippen molar-refractivity contribution >= 4 is 27.7 Å². The Bertz CT molecular complexity index is 503. The van der Waals surface area contributed by atoms with Gasteiger partial charge in [0.05, 0.1) is 10.0 Å². The van der Waals surface area contributed by atoms with Crippen LogP contribution in [0.5, 0.6) is 0 Å². The maximum absolute atomic E-state index is 13.3. The van der Waals surface area contributed by atoms with Crippen molar-refractivity contribution in [3.8, 4) is 0 Å². The second-order valence-corrected chi connectivity index (χ2v) is 5.05. The quantitative estimate of drug-likeness (QED) is 0.344. The topological polar surface area (TPSA) is 87.7 Å². The second-order valence-electron chi connectivity index (χ2n) is 4.19. The summed E-state index contributed by atoms with van der Waals surface area (Å²) >= 11 is 3.00. The Kier molecular flexibility index (Phi) is 4.28. The van der Waals surface area contributed by atoms with Crippen LogP contribution in [0.25, 0.3) is 0 Å². The molecule has 0 aromatic heterocycles. The molecule has 0 aliphatic heterocycles. The van der Waals surface area contributed by atoms with Gasteiger partial charge in [-0.2, -0.15) is 0 Å². The van der Waals surface area contributed by atoms with E-state index in [4.69, 9.17) is 10.9 Å². The lowest BCUT2D eigenvalue weighted by Crippen LogP contribution is -2.53. The molecule has 0 heterocycles. The molecule has 1 aromatic rings. The highest BCUT2D eigenvalue weighted by atomic mass is 79.9. The maximum Gasteiger partial charge on any atom is 0.252 e. The molecular weight excluding hydrogens is 305 g/mol. The highest BCUT2D eigenvalue weighted by molar-refractivity contribution is 9.10. The molecule has 0 aliphatic carbocycles. The molecule has 7 heteroatoms. The molecular formula is C11H13BrFN3O2. The van der Waals surface area contributed by atoms with Crippen LogP contribution in [-0.4, -0.2) is 22.5 Å². The molecule has 5 nitrogen and oxygen atoms in total. The number of carbonyl (C=O) groups is 1. The van der Waals surface area contributed by atoms with Gasteiger partial charge in [-0.05, 0) is 48.0 Å². The smallest absolute Gasteiger partial charge is 0.252 e. The average Bonchev–Trinajstić information content (AvgIpc) is 2.30. The predicted octanol–water partition coefficient (Wildman–Crippen LogP) is 1.84. The summed E-state index contributed by atoms with van der Waals surface area (Å²) in [5.41, 5.74) is 4.55. The molecule has 0 atom stereocenters. The number of oxime groups is 1. The average molecular weight is 318 g/mol. The summed E-state index contributed by atoms with van der Waals surface area (Å²) in [4.78, 5) is 11.9. The fourth-order valence-electron chi connectivity index (χ4n) is 1.18. The summed E-state index contributed by atoms with van der Waals surface area (Å²) in [6.45, 7) is 3.13. The number of nitrogens with one attached hydrogen (secondary N) is 1. The van der Waals surface area contributed by atoms with E-state index in [0.717, 1.165) is 6.07 Å². The highest BCUT2D eigenvalue weighted by Gasteiger charge is 2.26. The molecule has 0 bridgehead atoms. The molecule has 18 heavy (non-hydrogen) atoms. The monoisotopic (exact) mass is 317 g/mol. The van der Waals surface area contributed by atoms with Crippen LogP contribution in [-0.2, 0) is 0 Å². The lowest BCUT2D eigenvalue weighted by atomic mass is 10.0. The summed E-state index contributed by atoms with van der Waals surface area (Å²) < 4.78 is 13.6. The van der Waals surface area contributed by atoms with E-state index in [1.807, 2.05) is 0 Å². The van der Waals surface area contributed by atoms with Crippen LogP contribution in [0, 0.1) is 5.82 Å². The molecule has 1 amide bonds. The van der Waals surface area contributed by atoms with E-state index < -0.39 is 17.3 Å². The van der Waals surface area contributed by atoms with Gasteiger partial charge in [-0.15, -0.1) is 0 Å². The Labute approximate surface area is 112 Å². The number of halogens is 2. The second kappa shape index (κ2) is 5.34. The highest BCUT2D eigenvalue weighted by Crippen LogP contribution is 2.17. The summed E-state index contributed by atoms with van der Waals surface area (Å²) in [5.74, 6) is -1.20. The molecule has 1 rings (SSSR count). The summed E-state index contributed by atoms with van der Waals surface area (Å²) in [7, 11) is 0. The van der Waals surface area contributed by atoms with E-state index in [-0.39, 0.29) is 15.9 Å². The first kappa shape index (κ1) is 14.4. The lowest BCUT2D eigenvalue weighted by molar-refractivity contribution is 0.0930. The zero-order chi connectivity index (χ0) is 13.9. The van der Waals surface area contributed by atoms with Crippen molar-refractivity contribution in [3.05, 3.63) is 34.1 Å². The van der Waals surface area contributed by atoms with Crippen molar-refractivity contribution in [2.24, 2.45) is 10.9 Å². The third kappa shape index (κ3) is 3.19. The van der Waals surface area contributed by atoms with E-state index in [2.05, 4.69) is 26.4 Å². The summed E-state index contributed by atoms with van der Waals surface area (Å²) in [6.07, 6.45) is 0. The van der Waals surface area contributed by atoms with Crippen LogP contribution in [0.15, 0.2) is 27.8 Å². The van der Waals surface area contributed by atoms with Gasteiger partial charge in [-0.3, -0.25) is 4.79 Å². The van der Waals surface area contributed by atoms with Crippen LogP contribution in [0.2, 0.25) is 0 Å². The van der Waals surface area contributed by atoms with Crippen molar-refractivity contribution < 1.29 is 14.4 Å². The standard InChI is InChI=1S/C11H13BrFN3O2/c1-11(2,10(14)16-18)15-9(17)6-3-4-7(12)8(13)5-6/h3-5,18H,1-2H3,(H2,14,16)(H,15,17). The first-order valence-electron chi connectivity index (χ1n) is 5.03. The van der Waals surface area contributed by atoms with Crippen LogP contribution in [0.3, 0.4) is 0 Å². The van der Waals surface area contributed by atoms with Gasteiger partial charge in [0, 0.05) is 5.56 Å². The molecule has 0 radical (unpaired) electrons. The zero-order valence-electron chi connectivity index (χ0n) is 9.87. The van der Waals surface area contributed by atoms with E-state index in [9.17, 15) is 9.18 Å². The zero-order valence-corrected chi connectivity index (χ0v) is 11.5. The molecule has 0 saturated heterocycles. The Hall–Kier alpha value is -1.63. The normalized spacial score (nSPS) is 12.3. The third-order valence-corrected chi connectivity index (χ3v) is 3.00. The Morgan fingerprint density at radius 3 is 2.67 bits per heavy atom. The van der Waals surface area contributed by atoms with E-state index in [1.54, 1.807) is 13.8 Å². The minimum atomic E-state index is -1.03. The van der Waals surface area contributed by atoms with Crippen LogP contribution in [0.1, 0.15) is 24.2 Å². The number of nitrogens with two attached hydrogens (primary N) is 1. The first-order valence-corrected chi connectivity index (χ1v) is 5.83. The first-order chi connectivity index (χ1) is 8.27. The third-order valence-electron chi connectivity index (χ3n) is 2.36. The van der Waals surface area contributed by atoms with Crippen molar-refractivity contribution in [1.82, 2.24) is 5.32 Å². The fraction of sp³-hybridized carbons (Fsp3) is 0.273. The largest absolute Gasteiger partial charge is 0.409 e. The molecule has 1 aromatic carbocycles. The van der Waals surface area contributed by atoms with Gasteiger partial charge in [-0.1, -0.05) is 5.16 Å². The number of benzene rings is 1. The van der Waals surface area contributed by atoms with E-state index >= 15 is 0 Å². The number of carbonyl (C=O) groups excluding carboxylic acids is 1. The number of hydrogen-bond donors (Lipinski definition) is 3. The Balaban J connectivity index is 2.92. The van der Waals surface area contributed by atoms with Crippen molar-refractivity contribution in [3.63, 3.8) is 0 Å². The van der Waals surface area contributed by atoms with E-state index in [1.165, 1.54) is 12.1 Å².